The molecule has 0 fully saturated rings. The fourth-order valence-electron chi connectivity index (χ4n) is 1.01. The zero-order valence-corrected chi connectivity index (χ0v) is 10.4. The first-order chi connectivity index (χ1) is 5.45. The molecule has 0 aromatic rings. The van der Waals surface area contributed by atoms with E-state index < -0.39 is 0 Å². The topological polar surface area (TPSA) is 0 Å². The molecule has 0 heterocycles. The molecule has 73 valence electrons. The fourth-order valence-corrected chi connectivity index (χ4v) is 2.75. The molecule has 0 aliphatic heterocycles. The summed E-state index contributed by atoms with van der Waals surface area (Å²) in [6.45, 7) is 10.9. The molecule has 0 bridgehead atoms. The van der Waals surface area contributed by atoms with Crippen molar-refractivity contribution in [1.82, 2.24) is 0 Å². The minimum absolute atomic E-state index is 0.367. The van der Waals surface area contributed by atoms with Crippen LogP contribution in [-0.2, 0) is 0 Å². The van der Waals surface area contributed by atoms with Crippen molar-refractivity contribution < 1.29 is 0 Å². The van der Waals surface area contributed by atoms with Crippen LogP contribution < -0.4 is 0 Å². The molecule has 0 spiro atoms. The van der Waals surface area contributed by atoms with Gasteiger partial charge in [-0.05, 0) is 31.8 Å². The van der Waals surface area contributed by atoms with Crippen LogP contribution >= 0.6 is 23.5 Å². The van der Waals surface area contributed by atoms with Crippen molar-refractivity contribution in [1.29, 1.82) is 0 Å². The van der Waals surface area contributed by atoms with Crippen LogP contribution in [0.5, 0.6) is 0 Å². The molecule has 0 aliphatic carbocycles. The Labute approximate surface area is 86.3 Å². The van der Waals surface area contributed by atoms with Gasteiger partial charge >= 0.3 is 0 Å². The van der Waals surface area contributed by atoms with Gasteiger partial charge in [-0.1, -0.05) is 20.8 Å². The van der Waals surface area contributed by atoms with Crippen LogP contribution in [0.25, 0.3) is 0 Å². The van der Waals surface area contributed by atoms with Gasteiger partial charge in [-0.15, -0.1) is 0 Å². The van der Waals surface area contributed by atoms with Gasteiger partial charge < -0.3 is 0 Å². The maximum Gasteiger partial charge on any atom is 0.00778 e. The summed E-state index contributed by atoms with van der Waals surface area (Å²) in [6, 6.07) is 0. The van der Waals surface area contributed by atoms with Crippen molar-refractivity contribution in [3.8, 4) is 0 Å². The lowest BCUT2D eigenvalue weighted by molar-refractivity contribution is 0.774. The normalized spacial score (nSPS) is 14.8. The first-order valence-electron chi connectivity index (χ1n) is 4.45. The van der Waals surface area contributed by atoms with E-state index in [1.54, 1.807) is 0 Å². The predicted molar refractivity (Wildman–Crippen MR) is 64.1 cm³/mol. The second-order valence-electron chi connectivity index (χ2n) is 3.99. The molecule has 12 heavy (non-hydrogen) atoms. The number of thioether (sulfide) groups is 2. The summed E-state index contributed by atoms with van der Waals surface area (Å²) in [5.41, 5.74) is 0. The third kappa shape index (κ3) is 8.79. The summed E-state index contributed by atoms with van der Waals surface area (Å²) in [6.07, 6.45) is 4.72. The molecule has 0 amide bonds. The highest BCUT2D eigenvalue weighted by atomic mass is 32.2. The first kappa shape index (κ1) is 12.7. The summed E-state index contributed by atoms with van der Waals surface area (Å²) >= 11 is 3.91. The standard InChI is InChI=1S/C10H21S2/c1-9(7-6-8-11-5)12-10(2,3)4/h9H,1,6-8H2,2-5H3. The van der Waals surface area contributed by atoms with Crippen LogP contribution in [0.1, 0.15) is 33.6 Å². The largest absolute Gasteiger partial charge is 0.165 e. The van der Waals surface area contributed by atoms with E-state index in [9.17, 15) is 0 Å². The molecular formula is C10H21S2. The quantitative estimate of drug-likeness (QED) is 0.625. The molecule has 1 atom stereocenters. The van der Waals surface area contributed by atoms with Crippen molar-refractivity contribution in [3.63, 3.8) is 0 Å². The maximum atomic E-state index is 4.15. The van der Waals surface area contributed by atoms with Gasteiger partial charge in [-0.2, -0.15) is 23.5 Å². The van der Waals surface area contributed by atoms with Crippen LogP contribution in [0.3, 0.4) is 0 Å². The van der Waals surface area contributed by atoms with Crippen molar-refractivity contribution in [2.75, 3.05) is 12.0 Å². The predicted octanol–water partition coefficient (Wildman–Crippen LogP) is 3.86. The van der Waals surface area contributed by atoms with E-state index >= 15 is 0 Å². The highest BCUT2D eigenvalue weighted by Gasteiger charge is 2.14. The second kappa shape index (κ2) is 6.20. The van der Waals surface area contributed by atoms with E-state index in [2.05, 4.69) is 34.0 Å². The van der Waals surface area contributed by atoms with Crippen molar-refractivity contribution in [2.45, 2.75) is 43.6 Å². The highest BCUT2D eigenvalue weighted by molar-refractivity contribution is 8.01. The lowest BCUT2D eigenvalue weighted by Gasteiger charge is -2.22. The summed E-state index contributed by atoms with van der Waals surface area (Å²) in [4.78, 5) is 0. The second-order valence-corrected chi connectivity index (χ2v) is 7.10. The van der Waals surface area contributed by atoms with Gasteiger partial charge in [-0.25, -0.2) is 0 Å². The zero-order chi connectivity index (χ0) is 9.61. The van der Waals surface area contributed by atoms with Crippen molar-refractivity contribution >= 4 is 23.5 Å². The molecule has 0 nitrogen and oxygen atoms in total. The molecule has 0 rings (SSSR count). The van der Waals surface area contributed by atoms with Gasteiger partial charge in [0.15, 0.2) is 0 Å². The molecule has 0 saturated heterocycles. The van der Waals surface area contributed by atoms with Crippen LogP contribution in [0.15, 0.2) is 0 Å². The lowest BCUT2D eigenvalue weighted by Crippen LogP contribution is -2.13. The Kier molecular flexibility index (Phi) is 6.56. The van der Waals surface area contributed by atoms with E-state index in [0.717, 1.165) is 0 Å². The third-order valence-electron chi connectivity index (χ3n) is 1.39. The van der Waals surface area contributed by atoms with Crippen molar-refractivity contribution in [2.24, 2.45) is 0 Å². The molecular weight excluding hydrogens is 184 g/mol. The van der Waals surface area contributed by atoms with Crippen LogP contribution in [0.2, 0.25) is 0 Å². The third-order valence-corrected chi connectivity index (χ3v) is 3.37. The monoisotopic (exact) mass is 205 g/mol. The number of hydrogen-bond acceptors (Lipinski definition) is 2. The Morgan fingerprint density at radius 3 is 2.33 bits per heavy atom. The fraction of sp³-hybridized carbons (Fsp3) is 0.900. The van der Waals surface area contributed by atoms with E-state index in [1.807, 2.05) is 23.5 Å². The Morgan fingerprint density at radius 1 is 1.33 bits per heavy atom. The molecule has 0 saturated carbocycles. The van der Waals surface area contributed by atoms with E-state index in [0.29, 0.717) is 10.00 Å². The Morgan fingerprint density at radius 2 is 1.92 bits per heavy atom. The molecule has 0 aromatic heterocycles. The minimum Gasteiger partial charge on any atom is -0.165 e. The Hall–Kier alpha value is 0.700. The SMILES string of the molecule is [CH2]C(CCCSC)SC(C)(C)C. The average molecular weight is 205 g/mol. The zero-order valence-electron chi connectivity index (χ0n) is 8.72. The van der Waals surface area contributed by atoms with E-state index in [4.69, 9.17) is 0 Å². The molecule has 1 radical (unpaired) electrons. The summed E-state index contributed by atoms with van der Waals surface area (Å²) in [5.74, 6) is 1.27. The minimum atomic E-state index is 0.367. The maximum absolute atomic E-state index is 4.15. The molecule has 0 N–H and O–H groups in total. The van der Waals surface area contributed by atoms with Gasteiger partial charge in [-0.3, -0.25) is 0 Å². The average Bonchev–Trinajstić information content (AvgIpc) is 1.84. The molecule has 0 aliphatic rings. The van der Waals surface area contributed by atoms with Crippen LogP contribution in [-0.4, -0.2) is 22.0 Å². The molecule has 0 aromatic carbocycles. The van der Waals surface area contributed by atoms with E-state index in [-0.39, 0.29) is 0 Å². The first-order valence-corrected chi connectivity index (χ1v) is 6.73. The van der Waals surface area contributed by atoms with Crippen LogP contribution in [0.4, 0.5) is 0 Å². The van der Waals surface area contributed by atoms with Gasteiger partial charge in [0.1, 0.15) is 0 Å². The van der Waals surface area contributed by atoms with Gasteiger partial charge in [0.25, 0.3) is 0 Å². The van der Waals surface area contributed by atoms with E-state index in [1.165, 1.54) is 18.6 Å². The van der Waals surface area contributed by atoms with Gasteiger partial charge in [0, 0.05) is 10.00 Å². The summed E-state index contributed by atoms with van der Waals surface area (Å²) in [5, 5.41) is 0.567. The van der Waals surface area contributed by atoms with Gasteiger partial charge in [0.05, 0.1) is 0 Å². The lowest BCUT2D eigenvalue weighted by atomic mass is 10.2. The van der Waals surface area contributed by atoms with Crippen LogP contribution in [0, 0.1) is 6.92 Å². The highest BCUT2D eigenvalue weighted by Crippen LogP contribution is 2.29. The summed E-state index contributed by atoms with van der Waals surface area (Å²) < 4.78 is 0.367. The number of rotatable bonds is 5. The smallest absolute Gasteiger partial charge is 0.00778 e. The molecule has 2 heteroatoms. The Bertz CT molecular complexity index is 105. The van der Waals surface area contributed by atoms with Crippen molar-refractivity contribution in [3.05, 3.63) is 6.92 Å². The number of hydrogen-bond donors (Lipinski definition) is 0. The molecule has 1 unspecified atom stereocenters. The van der Waals surface area contributed by atoms with Gasteiger partial charge in [0.2, 0.25) is 0 Å². The summed E-state index contributed by atoms with van der Waals surface area (Å²) in [7, 11) is 0. The Balaban J connectivity index is 3.40.